The van der Waals surface area contributed by atoms with Crippen LogP contribution in [-0.2, 0) is 11.3 Å². The molecule has 0 fully saturated rings. The lowest BCUT2D eigenvalue weighted by atomic mass is 9.85. The van der Waals surface area contributed by atoms with E-state index in [1.54, 1.807) is 0 Å². The fourth-order valence-corrected chi connectivity index (χ4v) is 4.65. The van der Waals surface area contributed by atoms with E-state index >= 15 is 0 Å². The number of aromatic amines is 2. The Labute approximate surface area is 176 Å². The molecule has 2 aromatic heterocycles. The van der Waals surface area contributed by atoms with Crippen LogP contribution in [0.25, 0.3) is 11.0 Å². The number of hydrogen-bond donors (Lipinski definition) is 2. The molecule has 1 atom stereocenters. The summed E-state index contributed by atoms with van der Waals surface area (Å²) < 4.78 is 0. The molecule has 0 saturated heterocycles. The van der Waals surface area contributed by atoms with Crippen molar-refractivity contribution < 1.29 is 4.79 Å². The second kappa shape index (κ2) is 7.79. The second-order valence-electron chi connectivity index (χ2n) is 7.23. The van der Waals surface area contributed by atoms with Crippen LogP contribution >= 0.6 is 11.8 Å². The molecule has 1 aliphatic rings. The number of rotatable bonds is 4. The first kappa shape index (κ1) is 18.6. The number of benzene rings is 2. The summed E-state index contributed by atoms with van der Waals surface area (Å²) in [4.78, 5) is 34.0. The number of thioether (sulfide) groups is 1. The number of fused-ring (bicyclic) bond motifs is 2. The van der Waals surface area contributed by atoms with Crippen molar-refractivity contribution in [3.05, 3.63) is 87.8 Å². The third kappa shape index (κ3) is 3.50. The summed E-state index contributed by atoms with van der Waals surface area (Å²) in [7, 11) is 0. The normalized spacial score (nSPS) is 15.9. The first-order valence-corrected chi connectivity index (χ1v) is 10.6. The topological polar surface area (TPSA) is 94.7 Å². The molecule has 3 heterocycles. The van der Waals surface area contributed by atoms with Gasteiger partial charge < -0.3 is 9.88 Å². The largest absolute Gasteiger partial charge is 0.337 e. The minimum Gasteiger partial charge on any atom is -0.337 e. The zero-order valence-electron chi connectivity index (χ0n) is 16.0. The van der Waals surface area contributed by atoms with E-state index in [-0.39, 0.29) is 23.1 Å². The van der Waals surface area contributed by atoms with Crippen molar-refractivity contribution >= 4 is 28.7 Å². The average molecular weight is 417 g/mol. The Bertz CT molecular complexity index is 1270. The highest BCUT2D eigenvalue weighted by atomic mass is 32.2. The van der Waals surface area contributed by atoms with Gasteiger partial charge in [0, 0.05) is 19.0 Å². The number of H-pyrrole nitrogens is 2. The molecule has 0 bridgehead atoms. The van der Waals surface area contributed by atoms with Crippen LogP contribution < -0.4 is 5.56 Å². The van der Waals surface area contributed by atoms with Crippen molar-refractivity contribution in [3.63, 3.8) is 0 Å². The highest BCUT2D eigenvalue weighted by molar-refractivity contribution is 7.99. The van der Waals surface area contributed by atoms with E-state index in [9.17, 15) is 9.59 Å². The molecule has 1 aliphatic heterocycles. The van der Waals surface area contributed by atoms with Crippen LogP contribution in [0, 0.1) is 0 Å². The maximum Gasteiger partial charge on any atom is 0.262 e. The standard InChI is InChI=1S/C22H19N5O2S/c28-19(13-30-22-24-20-17(10-23-26-20)21(29)25-22)27-11-15-8-4-5-9-16(15)18(12-27)14-6-2-1-3-7-14/h1-10,18H,11-13H2,(H2,23,24,25,26,29). The van der Waals surface area contributed by atoms with Crippen molar-refractivity contribution in [1.29, 1.82) is 0 Å². The smallest absolute Gasteiger partial charge is 0.262 e. The Balaban J connectivity index is 1.36. The van der Waals surface area contributed by atoms with E-state index in [1.807, 2.05) is 29.2 Å². The number of carbonyl (C=O) groups excluding carboxylic acids is 1. The predicted molar refractivity (Wildman–Crippen MR) is 115 cm³/mol. The number of amides is 1. The van der Waals surface area contributed by atoms with Gasteiger partial charge in [-0.2, -0.15) is 5.10 Å². The molecule has 150 valence electrons. The summed E-state index contributed by atoms with van der Waals surface area (Å²) in [6.07, 6.45) is 1.44. The maximum absolute atomic E-state index is 13.0. The molecule has 7 nitrogen and oxygen atoms in total. The van der Waals surface area contributed by atoms with E-state index in [0.29, 0.717) is 29.3 Å². The Kier molecular flexibility index (Phi) is 4.84. The third-order valence-corrected chi connectivity index (χ3v) is 6.24. The molecule has 0 aliphatic carbocycles. The molecule has 2 N–H and O–H groups in total. The summed E-state index contributed by atoms with van der Waals surface area (Å²) in [5.74, 6) is 0.360. The summed E-state index contributed by atoms with van der Waals surface area (Å²) >= 11 is 1.23. The lowest BCUT2D eigenvalue weighted by Crippen LogP contribution is -2.39. The van der Waals surface area contributed by atoms with Gasteiger partial charge in [0.2, 0.25) is 5.91 Å². The monoisotopic (exact) mass is 417 g/mol. The molecular weight excluding hydrogens is 398 g/mol. The van der Waals surface area contributed by atoms with Crippen molar-refractivity contribution in [3.8, 4) is 0 Å². The van der Waals surface area contributed by atoms with Gasteiger partial charge >= 0.3 is 0 Å². The molecule has 0 spiro atoms. The van der Waals surface area contributed by atoms with Crippen LogP contribution in [0.1, 0.15) is 22.6 Å². The van der Waals surface area contributed by atoms with Crippen molar-refractivity contribution in [2.45, 2.75) is 17.6 Å². The molecule has 0 radical (unpaired) electrons. The van der Waals surface area contributed by atoms with Crippen LogP contribution in [0.3, 0.4) is 0 Å². The molecule has 1 unspecified atom stereocenters. The highest BCUT2D eigenvalue weighted by Crippen LogP contribution is 2.33. The van der Waals surface area contributed by atoms with Crippen molar-refractivity contribution in [2.24, 2.45) is 0 Å². The SMILES string of the molecule is O=C(CSc1nc2[nH]ncc2c(=O)[nH]1)N1Cc2ccccc2C(c2ccccc2)C1. The van der Waals surface area contributed by atoms with Gasteiger partial charge in [-0.05, 0) is 16.7 Å². The first-order chi connectivity index (χ1) is 14.7. The van der Waals surface area contributed by atoms with Crippen LogP contribution in [0.4, 0.5) is 0 Å². The second-order valence-corrected chi connectivity index (χ2v) is 8.19. The van der Waals surface area contributed by atoms with Gasteiger partial charge in [0.1, 0.15) is 5.39 Å². The molecule has 4 aromatic rings. The fraction of sp³-hybridized carbons (Fsp3) is 0.182. The van der Waals surface area contributed by atoms with Crippen LogP contribution in [0.5, 0.6) is 0 Å². The molecule has 30 heavy (non-hydrogen) atoms. The fourth-order valence-electron chi connectivity index (χ4n) is 3.88. The summed E-state index contributed by atoms with van der Waals surface area (Å²) in [6.45, 7) is 1.21. The Morgan fingerprint density at radius 1 is 1.13 bits per heavy atom. The highest BCUT2D eigenvalue weighted by Gasteiger charge is 2.29. The van der Waals surface area contributed by atoms with Gasteiger partial charge in [-0.1, -0.05) is 66.4 Å². The summed E-state index contributed by atoms with van der Waals surface area (Å²) in [5.41, 5.74) is 3.80. The van der Waals surface area contributed by atoms with Gasteiger partial charge in [-0.3, -0.25) is 14.7 Å². The van der Waals surface area contributed by atoms with E-state index in [2.05, 4.69) is 50.5 Å². The zero-order valence-corrected chi connectivity index (χ0v) is 16.9. The molecule has 1 amide bonds. The van der Waals surface area contributed by atoms with Gasteiger partial charge in [-0.25, -0.2) is 4.98 Å². The van der Waals surface area contributed by atoms with Gasteiger partial charge in [-0.15, -0.1) is 0 Å². The predicted octanol–water partition coefficient (Wildman–Crippen LogP) is 2.91. The molecular formula is C22H19N5O2S. The lowest BCUT2D eigenvalue weighted by Gasteiger charge is -2.35. The van der Waals surface area contributed by atoms with E-state index in [4.69, 9.17) is 0 Å². The minimum atomic E-state index is -0.264. The number of nitrogens with one attached hydrogen (secondary N) is 2. The molecule has 2 aromatic carbocycles. The number of nitrogens with zero attached hydrogens (tertiary/aromatic N) is 3. The summed E-state index contributed by atoms with van der Waals surface area (Å²) in [5, 5.41) is 7.35. The number of aromatic nitrogens is 4. The number of hydrogen-bond acceptors (Lipinski definition) is 5. The van der Waals surface area contributed by atoms with E-state index < -0.39 is 0 Å². The molecule has 5 rings (SSSR count). The quantitative estimate of drug-likeness (QED) is 0.393. The summed E-state index contributed by atoms with van der Waals surface area (Å²) in [6, 6.07) is 18.6. The van der Waals surface area contributed by atoms with Crippen molar-refractivity contribution in [2.75, 3.05) is 12.3 Å². The number of carbonyl (C=O) groups is 1. The van der Waals surface area contributed by atoms with Gasteiger partial charge in [0.25, 0.3) is 5.56 Å². The lowest BCUT2D eigenvalue weighted by molar-refractivity contribution is -0.129. The van der Waals surface area contributed by atoms with Crippen LogP contribution in [0.15, 0.2) is 70.7 Å². The minimum absolute atomic E-state index is 0.0165. The molecule has 0 saturated carbocycles. The Morgan fingerprint density at radius 2 is 1.93 bits per heavy atom. The Hall–Kier alpha value is -3.39. The maximum atomic E-state index is 13.0. The Morgan fingerprint density at radius 3 is 2.80 bits per heavy atom. The van der Waals surface area contributed by atoms with Crippen LogP contribution in [-0.4, -0.2) is 43.3 Å². The van der Waals surface area contributed by atoms with Crippen LogP contribution in [0.2, 0.25) is 0 Å². The zero-order chi connectivity index (χ0) is 20.5. The molecule has 8 heteroatoms. The van der Waals surface area contributed by atoms with E-state index in [1.165, 1.54) is 34.6 Å². The first-order valence-electron chi connectivity index (χ1n) is 9.66. The average Bonchev–Trinajstić information content (AvgIpc) is 3.26. The van der Waals surface area contributed by atoms with E-state index in [0.717, 1.165) is 0 Å². The van der Waals surface area contributed by atoms with Gasteiger partial charge in [0.05, 0.1) is 11.9 Å². The van der Waals surface area contributed by atoms with Gasteiger partial charge in [0.15, 0.2) is 10.8 Å². The third-order valence-electron chi connectivity index (χ3n) is 5.38. The van der Waals surface area contributed by atoms with Crippen molar-refractivity contribution in [1.82, 2.24) is 25.1 Å².